The lowest BCUT2D eigenvalue weighted by atomic mass is 9.83. The molecule has 0 saturated heterocycles. The maximum atomic E-state index is 5.85. The number of anilines is 1. The SMILES string of the molecule is Cc1nc2cc(N)ccc2n1C1(C)CCCCC1. The molecule has 18 heavy (non-hydrogen) atoms. The lowest BCUT2D eigenvalue weighted by molar-refractivity contribution is 0.221. The number of aryl methyl sites for hydroxylation is 1. The summed E-state index contributed by atoms with van der Waals surface area (Å²) in [7, 11) is 0. The molecule has 1 aliphatic carbocycles. The number of nitrogen functional groups attached to an aromatic ring is 1. The van der Waals surface area contributed by atoms with Gasteiger partial charge in [-0.05, 0) is 44.9 Å². The van der Waals surface area contributed by atoms with Gasteiger partial charge in [0.05, 0.1) is 11.0 Å². The van der Waals surface area contributed by atoms with E-state index in [-0.39, 0.29) is 5.54 Å². The van der Waals surface area contributed by atoms with E-state index < -0.39 is 0 Å². The summed E-state index contributed by atoms with van der Waals surface area (Å²) >= 11 is 0. The van der Waals surface area contributed by atoms with Crippen LogP contribution in [0, 0.1) is 6.92 Å². The Morgan fingerprint density at radius 1 is 1.22 bits per heavy atom. The Morgan fingerprint density at radius 2 is 1.94 bits per heavy atom. The van der Waals surface area contributed by atoms with Crippen LogP contribution in [0.2, 0.25) is 0 Å². The second-order valence-electron chi connectivity index (χ2n) is 5.80. The highest BCUT2D eigenvalue weighted by atomic mass is 15.1. The third kappa shape index (κ3) is 1.69. The van der Waals surface area contributed by atoms with Crippen LogP contribution in [0.25, 0.3) is 11.0 Å². The summed E-state index contributed by atoms with van der Waals surface area (Å²) in [5.74, 6) is 1.11. The Kier molecular flexibility index (Phi) is 2.58. The van der Waals surface area contributed by atoms with Gasteiger partial charge in [0.15, 0.2) is 0 Å². The molecular formula is C15H21N3. The minimum atomic E-state index is 0.229. The highest BCUT2D eigenvalue weighted by molar-refractivity contribution is 5.80. The average Bonchev–Trinajstić information content (AvgIpc) is 2.65. The molecule has 2 aromatic rings. The van der Waals surface area contributed by atoms with E-state index in [0.29, 0.717) is 0 Å². The summed E-state index contributed by atoms with van der Waals surface area (Å²) in [4.78, 5) is 4.68. The van der Waals surface area contributed by atoms with Gasteiger partial charge in [0.1, 0.15) is 5.82 Å². The molecule has 1 aromatic heterocycles. The molecule has 0 unspecified atom stereocenters. The first-order valence-electron chi connectivity index (χ1n) is 6.85. The summed E-state index contributed by atoms with van der Waals surface area (Å²) in [5, 5.41) is 0. The number of aromatic nitrogens is 2. The van der Waals surface area contributed by atoms with Crippen molar-refractivity contribution in [1.82, 2.24) is 9.55 Å². The Hall–Kier alpha value is -1.51. The second kappa shape index (κ2) is 4.01. The third-order valence-corrected chi connectivity index (χ3v) is 4.32. The first kappa shape index (κ1) is 11.6. The highest BCUT2D eigenvalue weighted by Gasteiger charge is 2.31. The molecule has 1 aliphatic rings. The largest absolute Gasteiger partial charge is 0.399 e. The summed E-state index contributed by atoms with van der Waals surface area (Å²) in [6, 6.07) is 6.07. The van der Waals surface area contributed by atoms with E-state index in [9.17, 15) is 0 Å². The van der Waals surface area contributed by atoms with E-state index in [1.54, 1.807) is 0 Å². The van der Waals surface area contributed by atoms with Crippen molar-refractivity contribution in [2.75, 3.05) is 5.73 Å². The first-order chi connectivity index (χ1) is 8.60. The van der Waals surface area contributed by atoms with Gasteiger partial charge >= 0.3 is 0 Å². The van der Waals surface area contributed by atoms with Crippen molar-refractivity contribution >= 4 is 16.7 Å². The van der Waals surface area contributed by atoms with Crippen LogP contribution in [0.3, 0.4) is 0 Å². The van der Waals surface area contributed by atoms with Crippen LogP contribution in [-0.2, 0) is 5.54 Å². The second-order valence-corrected chi connectivity index (χ2v) is 5.80. The van der Waals surface area contributed by atoms with Gasteiger partial charge in [-0.25, -0.2) is 4.98 Å². The Morgan fingerprint density at radius 3 is 2.67 bits per heavy atom. The summed E-state index contributed by atoms with van der Waals surface area (Å²) in [6.45, 7) is 4.48. The summed E-state index contributed by atoms with van der Waals surface area (Å²) in [6.07, 6.45) is 6.52. The van der Waals surface area contributed by atoms with Crippen molar-refractivity contribution in [3.63, 3.8) is 0 Å². The van der Waals surface area contributed by atoms with Crippen molar-refractivity contribution in [1.29, 1.82) is 0 Å². The molecule has 3 heteroatoms. The zero-order valence-electron chi connectivity index (χ0n) is 11.2. The van der Waals surface area contributed by atoms with Crippen LogP contribution in [0.15, 0.2) is 18.2 Å². The van der Waals surface area contributed by atoms with Gasteiger partial charge in [0, 0.05) is 11.2 Å². The average molecular weight is 243 g/mol. The number of nitrogens with two attached hydrogens (primary N) is 1. The normalized spacial score (nSPS) is 19.2. The van der Waals surface area contributed by atoms with Gasteiger partial charge in [-0.1, -0.05) is 19.3 Å². The Balaban J connectivity index is 2.18. The molecular weight excluding hydrogens is 222 g/mol. The topological polar surface area (TPSA) is 43.8 Å². The third-order valence-electron chi connectivity index (χ3n) is 4.32. The zero-order valence-corrected chi connectivity index (χ0v) is 11.2. The van der Waals surface area contributed by atoms with Crippen molar-refractivity contribution in [3.8, 4) is 0 Å². The molecule has 1 heterocycles. The first-order valence-corrected chi connectivity index (χ1v) is 6.85. The molecule has 1 fully saturated rings. The van der Waals surface area contributed by atoms with Gasteiger partial charge in [-0.15, -0.1) is 0 Å². The van der Waals surface area contributed by atoms with Gasteiger partial charge in [-0.3, -0.25) is 0 Å². The standard InChI is InChI=1S/C15H21N3/c1-11-17-13-10-12(16)6-7-14(13)18(11)15(2)8-4-3-5-9-15/h6-7,10H,3-5,8-9,16H2,1-2H3. The smallest absolute Gasteiger partial charge is 0.107 e. The maximum absolute atomic E-state index is 5.85. The highest BCUT2D eigenvalue weighted by Crippen LogP contribution is 2.37. The molecule has 0 bridgehead atoms. The monoisotopic (exact) mass is 243 g/mol. The Bertz CT molecular complexity index is 577. The number of nitrogens with zero attached hydrogens (tertiary/aromatic N) is 2. The number of hydrogen-bond donors (Lipinski definition) is 1. The van der Waals surface area contributed by atoms with Gasteiger partial charge in [0.25, 0.3) is 0 Å². The van der Waals surface area contributed by atoms with E-state index in [1.807, 2.05) is 12.1 Å². The minimum Gasteiger partial charge on any atom is -0.399 e. The molecule has 0 spiro atoms. The van der Waals surface area contributed by atoms with Crippen molar-refractivity contribution in [2.45, 2.75) is 51.5 Å². The maximum Gasteiger partial charge on any atom is 0.107 e. The quantitative estimate of drug-likeness (QED) is 0.778. The van der Waals surface area contributed by atoms with E-state index in [1.165, 1.54) is 37.6 Å². The van der Waals surface area contributed by atoms with Gasteiger partial charge in [-0.2, -0.15) is 0 Å². The van der Waals surface area contributed by atoms with E-state index in [0.717, 1.165) is 17.0 Å². The van der Waals surface area contributed by atoms with Crippen molar-refractivity contribution in [2.24, 2.45) is 0 Å². The van der Waals surface area contributed by atoms with Crippen molar-refractivity contribution in [3.05, 3.63) is 24.0 Å². The van der Waals surface area contributed by atoms with Gasteiger partial charge < -0.3 is 10.3 Å². The fourth-order valence-corrected chi connectivity index (χ4v) is 3.44. The molecule has 2 N–H and O–H groups in total. The number of hydrogen-bond acceptors (Lipinski definition) is 2. The van der Waals surface area contributed by atoms with Crippen molar-refractivity contribution < 1.29 is 0 Å². The molecule has 0 radical (unpaired) electrons. The Labute approximate surface area is 108 Å². The molecule has 1 saturated carbocycles. The number of imidazole rings is 1. The van der Waals surface area contributed by atoms with Crippen LogP contribution in [0.1, 0.15) is 44.9 Å². The van der Waals surface area contributed by atoms with Crippen LogP contribution in [0.4, 0.5) is 5.69 Å². The lowest BCUT2D eigenvalue weighted by Crippen LogP contribution is -2.33. The number of rotatable bonds is 1. The molecule has 0 aliphatic heterocycles. The fraction of sp³-hybridized carbons (Fsp3) is 0.533. The van der Waals surface area contributed by atoms with Crippen LogP contribution < -0.4 is 5.73 Å². The van der Waals surface area contributed by atoms with Crippen LogP contribution in [-0.4, -0.2) is 9.55 Å². The molecule has 1 aromatic carbocycles. The molecule has 0 atom stereocenters. The van der Waals surface area contributed by atoms with E-state index >= 15 is 0 Å². The van der Waals surface area contributed by atoms with Crippen LogP contribution >= 0.6 is 0 Å². The fourth-order valence-electron chi connectivity index (χ4n) is 3.44. The lowest BCUT2D eigenvalue weighted by Gasteiger charge is -2.36. The molecule has 3 rings (SSSR count). The minimum absolute atomic E-state index is 0.229. The molecule has 96 valence electrons. The van der Waals surface area contributed by atoms with Crippen LogP contribution in [0.5, 0.6) is 0 Å². The zero-order chi connectivity index (χ0) is 12.8. The predicted octanol–water partition coefficient (Wildman–Crippen LogP) is 3.61. The van der Waals surface area contributed by atoms with E-state index in [2.05, 4.69) is 29.5 Å². The van der Waals surface area contributed by atoms with Gasteiger partial charge in [0.2, 0.25) is 0 Å². The molecule has 3 nitrogen and oxygen atoms in total. The number of fused-ring (bicyclic) bond motifs is 1. The summed E-state index contributed by atoms with van der Waals surface area (Å²) in [5.41, 5.74) is 9.12. The molecule has 0 amide bonds. The van der Waals surface area contributed by atoms with E-state index in [4.69, 9.17) is 5.73 Å². The summed E-state index contributed by atoms with van der Waals surface area (Å²) < 4.78 is 2.43. The predicted molar refractivity (Wildman–Crippen MR) is 75.6 cm³/mol. The number of benzene rings is 1.